The number of pyridine rings is 1. The van der Waals surface area contributed by atoms with E-state index in [1.807, 2.05) is 28.7 Å². The molecule has 2 N–H and O–H groups in total. The summed E-state index contributed by atoms with van der Waals surface area (Å²) >= 11 is 3.38. The van der Waals surface area contributed by atoms with Gasteiger partial charge in [-0.2, -0.15) is 0 Å². The summed E-state index contributed by atoms with van der Waals surface area (Å²) in [4.78, 5) is 0. The molecule has 0 aromatic carbocycles. The van der Waals surface area contributed by atoms with Gasteiger partial charge in [0.2, 0.25) is 5.69 Å². The monoisotopic (exact) mass is 201 g/mol. The number of hydrogen-bond acceptors (Lipinski definition) is 1. The fourth-order valence-corrected chi connectivity index (χ4v) is 1.19. The third kappa shape index (κ3) is 1.36. The van der Waals surface area contributed by atoms with Crippen molar-refractivity contribution in [2.24, 2.45) is 5.73 Å². The smallest absolute Gasteiger partial charge is 0.321 e. The molecule has 1 aromatic heterocycles. The highest BCUT2D eigenvalue weighted by molar-refractivity contribution is 9.04. The van der Waals surface area contributed by atoms with E-state index in [-0.39, 0.29) is 0 Å². The third-order valence-electron chi connectivity index (χ3n) is 1.40. The Morgan fingerprint density at radius 1 is 1.60 bits per heavy atom. The summed E-state index contributed by atoms with van der Waals surface area (Å²) in [5, 5.41) is 0. The van der Waals surface area contributed by atoms with Gasteiger partial charge in [-0.05, 0) is 6.07 Å². The maximum absolute atomic E-state index is 5.47. The number of nitrogens with zero attached hydrogens (tertiary/aromatic N) is 1. The lowest BCUT2D eigenvalue weighted by Gasteiger charge is -1.93. The standard InChI is InChI=1S/C7H10BrN2/c1-6-3-2-4-7(5-9)10(6)8/h2-4H,5,9H2,1H3/q+1. The van der Waals surface area contributed by atoms with Gasteiger partial charge >= 0.3 is 16.1 Å². The lowest BCUT2D eigenvalue weighted by Crippen LogP contribution is -2.30. The van der Waals surface area contributed by atoms with E-state index in [4.69, 9.17) is 5.73 Å². The summed E-state index contributed by atoms with van der Waals surface area (Å²) < 4.78 is 1.91. The minimum atomic E-state index is 0.562. The Bertz CT molecular complexity index is 235. The zero-order chi connectivity index (χ0) is 7.56. The van der Waals surface area contributed by atoms with Crippen LogP contribution in [0, 0.1) is 6.92 Å². The van der Waals surface area contributed by atoms with Crippen molar-refractivity contribution in [3.05, 3.63) is 29.6 Å². The molecule has 54 valence electrons. The highest BCUT2D eigenvalue weighted by Gasteiger charge is 2.07. The van der Waals surface area contributed by atoms with E-state index in [1.54, 1.807) is 0 Å². The molecule has 0 aliphatic carbocycles. The van der Waals surface area contributed by atoms with Gasteiger partial charge in [0, 0.05) is 19.1 Å². The van der Waals surface area contributed by atoms with Gasteiger partial charge in [-0.1, -0.05) is 0 Å². The predicted molar refractivity (Wildman–Crippen MR) is 43.6 cm³/mol. The molecule has 0 fully saturated rings. The van der Waals surface area contributed by atoms with Gasteiger partial charge in [0.15, 0.2) is 5.69 Å². The summed E-state index contributed by atoms with van der Waals surface area (Å²) in [6.07, 6.45) is 0. The molecule has 1 rings (SSSR count). The Hall–Kier alpha value is -0.410. The topological polar surface area (TPSA) is 29.9 Å². The maximum Gasteiger partial charge on any atom is 0.332 e. The highest BCUT2D eigenvalue weighted by Crippen LogP contribution is 1.96. The number of halogens is 1. The number of rotatable bonds is 1. The second-order valence-electron chi connectivity index (χ2n) is 2.14. The van der Waals surface area contributed by atoms with Crippen LogP contribution in [0.2, 0.25) is 0 Å². The van der Waals surface area contributed by atoms with E-state index < -0.39 is 0 Å². The minimum Gasteiger partial charge on any atom is -0.321 e. The van der Waals surface area contributed by atoms with Crippen molar-refractivity contribution in [2.45, 2.75) is 13.5 Å². The van der Waals surface area contributed by atoms with E-state index in [0.717, 1.165) is 11.4 Å². The molecule has 1 aromatic rings. The Labute approximate surface area is 69.0 Å². The van der Waals surface area contributed by atoms with Crippen molar-refractivity contribution in [1.29, 1.82) is 0 Å². The summed E-state index contributed by atoms with van der Waals surface area (Å²) in [5.41, 5.74) is 7.71. The van der Waals surface area contributed by atoms with Crippen molar-refractivity contribution in [3.63, 3.8) is 0 Å². The molecule has 0 bridgehead atoms. The van der Waals surface area contributed by atoms with Crippen molar-refractivity contribution < 1.29 is 3.59 Å². The Morgan fingerprint density at radius 3 is 2.80 bits per heavy atom. The zero-order valence-electron chi connectivity index (χ0n) is 5.84. The van der Waals surface area contributed by atoms with E-state index in [2.05, 4.69) is 16.1 Å². The van der Waals surface area contributed by atoms with Crippen LogP contribution >= 0.6 is 16.1 Å². The highest BCUT2D eigenvalue weighted by atomic mass is 79.9. The molecule has 0 amide bonds. The van der Waals surface area contributed by atoms with Gasteiger partial charge in [-0.3, -0.25) is 0 Å². The van der Waals surface area contributed by atoms with Crippen LogP contribution in [0.5, 0.6) is 0 Å². The third-order valence-corrected chi connectivity index (χ3v) is 2.41. The molecule has 0 aliphatic heterocycles. The van der Waals surface area contributed by atoms with Crippen molar-refractivity contribution >= 4 is 16.1 Å². The number of nitrogens with two attached hydrogens (primary N) is 1. The first-order chi connectivity index (χ1) is 4.75. The average Bonchev–Trinajstić information content (AvgIpc) is 1.95. The first-order valence-electron chi connectivity index (χ1n) is 3.12. The second kappa shape index (κ2) is 3.12. The van der Waals surface area contributed by atoms with Gasteiger partial charge in [0.1, 0.15) is 0 Å². The first-order valence-corrected chi connectivity index (χ1v) is 3.83. The van der Waals surface area contributed by atoms with Crippen LogP contribution in [-0.4, -0.2) is 0 Å². The molecule has 2 nitrogen and oxygen atoms in total. The normalized spacial score (nSPS) is 9.90. The zero-order valence-corrected chi connectivity index (χ0v) is 7.43. The Morgan fingerprint density at radius 2 is 2.30 bits per heavy atom. The van der Waals surface area contributed by atoms with Gasteiger partial charge in [0.05, 0.1) is 6.54 Å². The Kier molecular flexibility index (Phi) is 2.40. The minimum absolute atomic E-state index is 0.562. The number of aromatic nitrogens is 1. The molecule has 0 saturated carbocycles. The maximum atomic E-state index is 5.47. The lowest BCUT2D eigenvalue weighted by atomic mass is 10.3. The fourth-order valence-electron chi connectivity index (χ4n) is 0.804. The predicted octanol–water partition coefficient (Wildman–Crippen LogP) is 0.899. The van der Waals surface area contributed by atoms with Crippen LogP contribution < -0.4 is 9.33 Å². The molecule has 0 atom stereocenters. The SMILES string of the molecule is Cc1cccc(CN)[n+]1Br. The van der Waals surface area contributed by atoms with Crippen LogP contribution in [0.3, 0.4) is 0 Å². The van der Waals surface area contributed by atoms with E-state index >= 15 is 0 Å². The quantitative estimate of drug-likeness (QED) is 0.720. The molecule has 0 aliphatic rings. The first kappa shape index (κ1) is 7.69. The van der Waals surface area contributed by atoms with Gasteiger partial charge < -0.3 is 5.73 Å². The summed E-state index contributed by atoms with van der Waals surface area (Å²) in [5.74, 6) is 0. The number of hydrogen-bond donors (Lipinski definition) is 1. The molecule has 0 spiro atoms. The van der Waals surface area contributed by atoms with Crippen molar-refractivity contribution in [1.82, 2.24) is 0 Å². The molecule has 0 saturated heterocycles. The molecule has 10 heavy (non-hydrogen) atoms. The molecular formula is C7H10BrN2+. The summed E-state index contributed by atoms with van der Waals surface area (Å²) in [6.45, 7) is 2.58. The summed E-state index contributed by atoms with van der Waals surface area (Å²) in [6, 6.07) is 6.00. The average molecular weight is 202 g/mol. The number of aryl methyl sites for hydroxylation is 1. The van der Waals surface area contributed by atoms with Crippen LogP contribution in [0.1, 0.15) is 11.4 Å². The second-order valence-corrected chi connectivity index (χ2v) is 2.85. The molecule has 3 heteroatoms. The van der Waals surface area contributed by atoms with E-state index in [9.17, 15) is 0 Å². The summed E-state index contributed by atoms with van der Waals surface area (Å²) in [7, 11) is 0. The van der Waals surface area contributed by atoms with Crippen molar-refractivity contribution in [2.75, 3.05) is 0 Å². The van der Waals surface area contributed by atoms with Crippen molar-refractivity contribution in [3.8, 4) is 0 Å². The molecular weight excluding hydrogens is 192 g/mol. The van der Waals surface area contributed by atoms with Crippen LogP contribution in [0.15, 0.2) is 18.2 Å². The lowest BCUT2D eigenvalue weighted by molar-refractivity contribution is -0.492. The largest absolute Gasteiger partial charge is 0.332 e. The fraction of sp³-hybridized carbons (Fsp3) is 0.286. The van der Waals surface area contributed by atoms with Crippen LogP contribution in [0.25, 0.3) is 0 Å². The van der Waals surface area contributed by atoms with E-state index in [1.165, 1.54) is 0 Å². The van der Waals surface area contributed by atoms with E-state index in [0.29, 0.717) is 6.54 Å². The molecule has 0 radical (unpaired) electrons. The van der Waals surface area contributed by atoms with Crippen LogP contribution in [-0.2, 0) is 6.54 Å². The van der Waals surface area contributed by atoms with Crippen LogP contribution in [0.4, 0.5) is 0 Å². The Balaban J connectivity index is 3.14. The van der Waals surface area contributed by atoms with Gasteiger partial charge in [0.25, 0.3) is 0 Å². The van der Waals surface area contributed by atoms with Gasteiger partial charge in [-0.25, -0.2) is 0 Å². The molecule has 0 unspecified atom stereocenters. The van der Waals surface area contributed by atoms with Gasteiger partial charge in [-0.15, -0.1) is 3.59 Å². The molecule has 1 heterocycles.